The Balaban J connectivity index is 2.20. The number of thiazole rings is 1. The van der Waals surface area contributed by atoms with Crippen LogP contribution in [0.1, 0.15) is 25.1 Å². The van der Waals surface area contributed by atoms with Crippen molar-refractivity contribution in [2.45, 2.75) is 19.3 Å². The molecule has 0 fully saturated rings. The van der Waals surface area contributed by atoms with Crippen LogP contribution in [0.5, 0.6) is 0 Å². The third-order valence-corrected chi connectivity index (χ3v) is 3.35. The van der Waals surface area contributed by atoms with Crippen LogP contribution in [0.25, 0.3) is 6.08 Å². The maximum absolute atomic E-state index is 5.67. The summed E-state index contributed by atoms with van der Waals surface area (Å²) in [6, 6.07) is 10.3. The fraction of sp³-hybridized carbons (Fsp3) is 0.214. The molecule has 2 N–H and O–H groups in total. The normalized spacial score (nSPS) is 12.1. The van der Waals surface area contributed by atoms with E-state index in [9.17, 15) is 0 Å². The lowest BCUT2D eigenvalue weighted by atomic mass is 9.89. The molecule has 3 heteroatoms. The van der Waals surface area contributed by atoms with E-state index in [-0.39, 0.29) is 5.41 Å². The number of nitrogens with zero attached hydrogens (tertiary/aromatic N) is 1. The molecule has 2 rings (SSSR count). The van der Waals surface area contributed by atoms with Crippen molar-refractivity contribution in [1.29, 1.82) is 0 Å². The van der Waals surface area contributed by atoms with Crippen molar-refractivity contribution in [2.24, 2.45) is 0 Å². The van der Waals surface area contributed by atoms with Crippen molar-refractivity contribution in [1.82, 2.24) is 4.98 Å². The average molecular weight is 244 g/mol. The zero-order valence-electron chi connectivity index (χ0n) is 10.1. The number of anilines is 1. The number of aromatic nitrogens is 1. The molecule has 0 spiro atoms. The Hall–Kier alpha value is -1.61. The van der Waals surface area contributed by atoms with Gasteiger partial charge in [-0.05, 0) is 5.56 Å². The van der Waals surface area contributed by atoms with Gasteiger partial charge in [0, 0.05) is 10.8 Å². The van der Waals surface area contributed by atoms with E-state index in [0.29, 0.717) is 5.13 Å². The number of hydrogen-bond donors (Lipinski definition) is 1. The van der Waals surface area contributed by atoms with Crippen LogP contribution in [0.2, 0.25) is 0 Å². The van der Waals surface area contributed by atoms with Crippen LogP contribution in [0.15, 0.2) is 41.8 Å². The van der Waals surface area contributed by atoms with Crippen LogP contribution < -0.4 is 5.73 Å². The predicted octanol–water partition coefficient (Wildman–Crippen LogP) is 3.72. The number of benzene rings is 1. The van der Waals surface area contributed by atoms with Crippen LogP contribution in [-0.2, 0) is 5.41 Å². The Morgan fingerprint density at radius 1 is 1.24 bits per heavy atom. The summed E-state index contributed by atoms with van der Waals surface area (Å²) in [5.74, 6) is 0. The van der Waals surface area contributed by atoms with Crippen molar-refractivity contribution in [2.75, 3.05) is 5.73 Å². The van der Waals surface area contributed by atoms with E-state index in [1.165, 1.54) is 16.9 Å². The van der Waals surface area contributed by atoms with Gasteiger partial charge in [-0.15, -0.1) is 11.3 Å². The Morgan fingerprint density at radius 2 is 1.94 bits per heavy atom. The van der Waals surface area contributed by atoms with Crippen molar-refractivity contribution in [3.63, 3.8) is 0 Å². The highest BCUT2D eigenvalue weighted by Crippen LogP contribution is 2.27. The van der Waals surface area contributed by atoms with Gasteiger partial charge in [-0.25, -0.2) is 4.98 Å². The van der Waals surface area contributed by atoms with E-state index in [1.807, 2.05) is 23.6 Å². The third-order valence-electron chi connectivity index (χ3n) is 2.67. The van der Waals surface area contributed by atoms with Gasteiger partial charge in [0.05, 0.1) is 5.69 Å². The van der Waals surface area contributed by atoms with E-state index in [1.54, 1.807) is 0 Å². The Kier molecular flexibility index (Phi) is 3.29. The fourth-order valence-electron chi connectivity index (χ4n) is 1.54. The summed E-state index contributed by atoms with van der Waals surface area (Å²) in [6.45, 7) is 4.28. The number of nitrogen functional groups attached to an aromatic ring is 1. The Labute approximate surface area is 106 Å². The first kappa shape index (κ1) is 11.9. The molecule has 1 aromatic carbocycles. The van der Waals surface area contributed by atoms with E-state index in [4.69, 9.17) is 5.73 Å². The number of hydrogen-bond acceptors (Lipinski definition) is 3. The summed E-state index contributed by atoms with van der Waals surface area (Å²) >= 11 is 1.49. The SMILES string of the molecule is CC(C)(C=Cc1ccccc1)c1csc(N)n1. The molecular weight excluding hydrogens is 228 g/mol. The van der Waals surface area contributed by atoms with E-state index < -0.39 is 0 Å². The van der Waals surface area contributed by atoms with Crippen molar-refractivity contribution >= 4 is 22.5 Å². The molecule has 0 saturated heterocycles. The monoisotopic (exact) mass is 244 g/mol. The number of allylic oxidation sites excluding steroid dienone is 1. The molecule has 1 aromatic heterocycles. The first-order valence-electron chi connectivity index (χ1n) is 5.54. The van der Waals surface area contributed by atoms with Gasteiger partial charge in [-0.1, -0.05) is 56.3 Å². The highest BCUT2D eigenvalue weighted by atomic mass is 32.1. The molecule has 0 radical (unpaired) electrons. The Bertz CT molecular complexity index is 512. The minimum atomic E-state index is -0.0933. The van der Waals surface area contributed by atoms with Crippen LogP contribution in [0.4, 0.5) is 5.13 Å². The van der Waals surface area contributed by atoms with Crippen LogP contribution in [0, 0.1) is 0 Å². The smallest absolute Gasteiger partial charge is 0.180 e. The summed E-state index contributed by atoms with van der Waals surface area (Å²) < 4.78 is 0. The van der Waals surface area contributed by atoms with Gasteiger partial charge in [-0.3, -0.25) is 0 Å². The molecule has 17 heavy (non-hydrogen) atoms. The van der Waals surface area contributed by atoms with Gasteiger partial charge >= 0.3 is 0 Å². The summed E-state index contributed by atoms with van der Waals surface area (Å²) in [5.41, 5.74) is 7.79. The highest BCUT2D eigenvalue weighted by Gasteiger charge is 2.19. The minimum absolute atomic E-state index is 0.0933. The molecule has 0 aliphatic heterocycles. The molecule has 2 aromatic rings. The molecular formula is C14H16N2S. The van der Waals surface area contributed by atoms with Gasteiger partial charge in [-0.2, -0.15) is 0 Å². The van der Waals surface area contributed by atoms with E-state index in [0.717, 1.165) is 5.69 Å². The van der Waals surface area contributed by atoms with E-state index in [2.05, 4.69) is 43.1 Å². The maximum atomic E-state index is 5.67. The molecule has 0 aliphatic carbocycles. The van der Waals surface area contributed by atoms with E-state index >= 15 is 0 Å². The lowest BCUT2D eigenvalue weighted by Gasteiger charge is -2.17. The van der Waals surface area contributed by atoms with Crippen LogP contribution in [-0.4, -0.2) is 4.98 Å². The first-order chi connectivity index (χ1) is 8.08. The van der Waals surface area contributed by atoms with Gasteiger partial charge in [0.25, 0.3) is 0 Å². The molecule has 1 heterocycles. The van der Waals surface area contributed by atoms with Crippen molar-refractivity contribution in [3.8, 4) is 0 Å². The van der Waals surface area contributed by atoms with Gasteiger partial charge in [0.2, 0.25) is 0 Å². The highest BCUT2D eigenvalue weighted by molar-refractivity contribution is 7.13. The fourth-order valence-corrected chi connectivity index (χ4v) is 2.28. The van der Waals surface area contributed by atoms with Crippen LogP contribution >= 0.6 is 11.3 Å². The number of rotatable bonds is 3. The summed E-state index contributed by atoms with van der Waals surface area (Å²) in [5, 5.41) is 2.64. The molecule has 0 unspecified atom stereocenters. The molecule has 0 aliphatic rings. The van der Waals surface area contributed by atoms with Crippen molar-refractivity contribution in [3.05, 3.63) is 53.0 Å². The molecule has 0 saturated carbocycles. The lowest BCUT2D eigenvalue weighted by Crippen LogP contribution is -2.13. The molecule has 0 amide bonds. The summed E-state index contributed by atoms with van der Waals surface area (Å²) in [7, 11) is 0. The average Bonchev–Trinajstić information content (AvgIpc) is 2.76. The summed E-state index contributed by atoms with van der Waals surface area (Å²) in [4.78, 5) is 4.34. The summed E-state index contributed by atoms with van der Waals surface area (Å²) in [6.07, 6.45) is 4.28. The predicted molar refractivity (Wildman–Crippen MR) is 75.0 cm³/mol. The van der Waals surface area contributed by atoms with Gasteiger partial charge in [0.1, 0.15) is 0 Å². The topological polar surface area (TPSA) is 38.9 Å². The second-order valence-corrected chi connectivity index (χ2v) is 5.43. The van der Waals surface area contributed by atoms with Crippen molar-refractivity contribution < 1.29 is 0 Å². The van der Waals surface area contributed by atoms with Crippen LogP contribution in [0.3, 0.4) is 0 Å². The van der Waals surface area contributed by atoms with Gasteiger partial charge in [0.15, 0.2) is 5.13 Å². The standard InChI is InChI=1S/C14H16N2S/c1-14(2,12-10-17-13(15)16-12)9-8-11-6-4-3-5-7-11/h3-10H,1-2H3,(H2,15,16). The second-order valence-electron chi connectivity index (χ2n) is 4.54. The zero-order chi connectivity index (χ0) is 12.3. The largest absolute Gasteiger partial charge is 0.375 e. The lowest BCUT2D eigenvalue weighted by molar-refractivity contribution is 0.653. The Morgan fingerprint density at radius 3 is 2.53 bits per heavy atom. The minimum Gasteiger partial charge on any atom is -0.375 e. The molecule has 0 bridgehead atoms. The second kappa shape index (κ2) is 4.72. The third kappa shape index (κ3) is 2.94. The van der Waals surface area contributed by atoms with Gasteiger partial charge < -0.3 is 5.73 Å². The molecule has 2 nitrogen and oxygen atoms in total. The quantitative estimate of drug-likeness (QED) is 0.893. The zero-order valence-corrected chi connectivity index (χ0v) is 10.9. The molecule has 88 valence electrons. The first-order valence-corrected chi connectivity index (χ1v) is 6.42. The molecule has 0 atom stereocenters. The number of nitrogens with two attached hydrogens (primary N) is 1. The maximum Gasteiger partial charge on any atom is 0.180 e.